The molecule has 1 rings (SSSR count). The van der Waals surface area contributed by atoms with Gasteiger partial charge in [0.15, 0.2) is 0 Å². The molecule has 1 unspecified atom stereocenters. The fourth-order valence-electron chi connectivity index (χ4n) is 1.56. The quantitative estimate of drug-likeness (QED) is 0.464. The minimum absolute atomic E-state index is 0.702. The molecule has 70 valence electrons. The molecule has 1 aliphatic rings. The first-order chi connectivity index (χ1) is 5.83. The van der Waals surface area contributed by atoms with E-state index in [1.165, 1.54) is 18.4 Å². The summed E-state index contributed by atoms with van der Waals surface area (Å²) >= 11 is 0. The summed E-state index contributed by atoms with van der Waals surface area (Å²) in [6.45, 7) is 6.27. The first-order valence-corrected chi connectivity index (χ1v) is 4.56. The van der Waals surface area contributed by atoms with E-state index in [4.69, 9.17) is 9.47 Å². The molecule has 0 heterocycles. The van der Waals surface area contributed by atoms with Gasteiger partial charge in [-0.3, -0.25) is 0 Å². The van der Waals surface area contributed by atoms with Crippen molar-refractivity contribution in [1.82, 2.24) is 0 Å². The predicted molar refractivity (Wildman–Crippen MR) is 49.2 cm³/mol. The summed E-state index contributed by atoms with van der Waals surface area (Å²) in [6.07, 6.45) is 3.61. The van der Waals surface area contributed by atoms with Crippen LogP contribution >= 0.6 is 0 Å². The number of allylic oxidation sites excluding steroid dienone is 1. The Balaban J connectivity index is 1.97. The van der Waals surface area contributed by atoms with Gasteiger partial charge in [-0.2, -0.15) is 0 Å². The van der Waals surface area contributed by atoms with Crippen LogP contribution < -0.4 is 0 Å². The molecule has 0 aromatic rings. The molecule has 0 amide bonds. The zero-order chi connectivity index (χ0) is 8.81. The van der Waals surface area contributed by atoms with Crippen LogP contribution in [0.3, 0.4) is 0 Å². The van der Waals surface area contributed by atoms with Crippen molar-refractivity contribution in [2.45, 2.75) is 19.3 Å². The summed E-state index contributed by atoms with van der Waals surface area (Å²) in [6, 6.07) is 0. The second-order valence-corrected chi connectivity index (χ2v) is 3.43. The lowest BCUT2D eigenvalue weighted by Gasteiger charge is -2.08. The monoisotopic (exact) mass is 170 g/mol. The normalized spacial score (nSPS) is 23.4. The Kier molecular flexibility index (Phi) is 4.33. The van der Waals surface area contributed by atoms with E-state index in [9.17, 15) is 0 Å². The van der Waals surface area contributed by atoms with Crippen LogP contribution in [0.1, 0.15) is 19.3 Å². The Morgan fingerprint density at radius 2 is 2.33 bits per heavy atom. The molecule has 0 N–H and O–H groups in total. The Morgan fingerprint density at radius 1 is 1.50 bits per heavy atom. The summed E-state index contributed by atoms with van der Waals surface area (Å²) in [7, 11) is 1.70. The van der Waals surface area contributed by atoms with Crippen LogP contribution in [0.15, 0.2) is 12.2 Å². The molecule has 0 spiro atoms. The van der Waals surface area contributed by atoms with E-state index in [0.29, 0.717) is 12.5 Å². The molecule has 1 atom stereocenters. The van der Waals surface area contributed by atoms with E-state index in [1.54, 1.807) is 7.11 Å². The highest BCUT2D eigenvalue weighted by molar-refractivity contribution is 5.01. The molecule has 12 heavy (non-hydrogen) atoms. The van der Waals surface area contributed by atoms with E-state index < -0.39 is 0 Å². The number of ether oxygens (including phenoxy) is 2. The van der Waals surface area contributed by atoms with Gasteiger partial charge in [-0.1, -0.05) is 12.2 Å². The standard InChI is InChI=1S/C10H18O2/c1-9-3-4-10(7-9)8-12-6-5-11-2/h10H,1,3-8H2,2H3. The topological polar surface area (TPSA) is 18.5 Å². The van der Waals surface area contributed by atoms with Gasteiger partial charge < -0.3 is 9.47 Å². The second kappa shape index (κ2) is 5.33. The molecule has 2 heteroatoms. The maximum absolute atomic E-state index is 5.44. The van der Waals surface area contributed by atoms with Gasteiger partial charge in [-0.15, -0.1) is 0 Å². The lowest BCUT2D eigenvalue weighted by Crippen LogP contribution is -2.09. The molecule has 0 bridgehead atoms. The van der Waals surface area contributed by atoms with Gasteiger partial charge in [0.2, 0.25) is 0 Å². The maximum Gasteiger partial charge on any atom is 0.0700 e. The third-order valence-electron chi connectivity index (χ3n) is 2.27. The van der Waals surface area contributed by atoms with Crippen LogP contribution in [0.2, 0.25) is 0 Å². The van der Waals surface area contributed by atoms with Gasteiger partial charge in [0.1, 0.15) is 0 Å². The van der Waals surface area contributed by atoms with Gasteiger partial charge in [-0.25, -0.2) is 0 Å². The average molecular weight is 170 g/mol. The summed E-state index contributed by atoms with van der Waals surface area (Å²) in [5, 5.41) is 0. The molecular weight excluding hydrogens is 152 g/mol. The maximum atomic E-state index is 5.44. The van der Waals surface area contributed by atoms with Crippen molar-refractivity contribution in [1.29, 1.82) is 0 Å². The molecule has 1 aliphatic carbocycles. The molecule has 0 aromatic carbocycles. The van der Waals surface area contributed by atoms with Crippen LogP contribution in [0.25, 0.3) is 0 Å². The minimum Gasteiger partial charge on any atom is -0.382 e. The summed E-state index contributed by atoms with van der Waals surface area (Å²) in [4.78, 5) is 0. The zero-order valence-corrected chi connectivity index (χ0v) is 7.84. The Bertz CT molecular complexity index is 143. The SMILES string of the molecule is C=C1CCC(COCCOC)C1. The number of hydrogen-bond acceptors (Lipinski definition) is 2. The number of rotatable bonds is 5. The number of hydrogen-bond donors (Lipinski definition) is 0. The van der Waals surface area contributed by atoms with Gasteiger partial charge in [0.05, 0.1) is 13.2 Å². The first-order valence-electron chi connectivity index (χ1n) is 4.56. The summed E-state index contributed by atoms with van der Waals surface area (Å²) in [5.41, 5.74) is 1.38. The molecular formula is C10H18O2. The zero-order valence-electron chi connectivity index (χ0n) is 7.84. The van der Waals surface area contributed by atoms with Crippen molar-refractivity contribution >= 4 is 0 Å². The third kappa shape index (κ3) is 3.37. The lowest BCUT2D eigenvalue weighted by molar-refractivity contribution is 0.0529. The second-order valence-electron chi connectivity index (χ2n) is 3.43. The van der Waals surface area contributed by atoms with Gasteiger partial charge >= 0.3 is 0 Å². The van der Waals surface area contributed by atoms with Gasteiger partial charge in [0, 0.05) is 13.7 Å². The van der Waals surface area contributed by atoms with Crippen LogP contribution in [0.5, 0.6) is 0 Å². The van der Waals surface area contributed by atoms with Crippen LogP contribution in [-0.2, 0) is 9.47 Å². The van der Waals surface area contributed by atoms with E-state index in [0.717, 1.165) is 19.6 Å². The van der Waals surface area contributed by atoms with Crippen molar-refractivity contribution in [3.05, 3.63) is 12.2 Å². The average Bonchev–Trinajstić information content (AvgIpc) is 2.45. The van der Waals surface area contributed by atoms with Crippen molar-refractivity contribution < 1.29 is 9.47 Å². The van der Waals surface area contributed by atoms with Crippen molar-refractivity contribution in [3.63, 3.8) is 0 Å². The van der Waals surface area contributed by atoms with Crippen molar-refractivity contribution in [3.8, 4) is 0 Å². The molecule has 0 saturated heterocycles. The highest BCUT2D eigenvalue weighted by atomic mass is 16.5. The van der Waals surface area contributed by atoms with Crippen molar-refractivity contribution in [2.75, 3.05) is 26.9 Å². The van der Waals surface area contributed by atoms with Gasteiger partial charge in [0.25, 0.3) is 0 Å². The van der Waals surface area contributed by atoms with E-state index in [2.05, 4.69) is 6.58 Å². The molecule has 0 aliphatic heterocycles. The van der Waals surface area contributed by atoms with Gasteiger partial charge in [-0.05, 0) is 25.2 Å². The Morgan fingerprint density at radius 3 is 2.92 bits per heavy atom. The Hall–Kier alpha value is -0.340. The lowest BCUT2D eigenvalue weighted by atomic mass is 10.1. The molecule has 1 fully saturated rings. The molecule has 0 radical (unpaired) electrons. The van der Waals surface area contributed by atoms with Crippen LogP contribution in [0.4, 0.5) is 0 Å². The first kappa shape index (κ1) is 9.75. The van der Waals surface area contributed by atoms with Crippen LogP contribution in [-0.4, -0.2) is 26.9 Å². The summed E-state index contributed by atoms with van der Waals surface area (Å²) in [5.74, 6) is 0.717. The fraction of sp³-hybridized carbons (Fsp3) is 0.800. The fourth-order valence-corrected chi connectivity index (χ4v) is 1.56. The van der Waals surface area contributed by atoms with E-state index >= 15 is 0 Å². The van der Waals surface area contributed by atoms with E-state index in [1.807, 2.05) is 0 Å². The number of methoxy groups -OCH3 is 1. The highest BCUT2D eigenvalue weighted by Crippen LogP contribution is 2.28. The smallest absolute Gasteiger partial charge is 0.0700 e. The molecule has 2 nitrogen and oxygen atoms in total. The van der Waals surface area contributed by atoms with E-state index in [-0.39, 0.29) is 0 Å². The molecule has 1 saturated carbocycles. The predicted octanol–water partition coefficient (Wildman–Crippen LogP) is 2.01. The molecule has 0 aromatic heterocycles. The largest absolute Gasteiger partial charge is 0.382 e. The minimum atomic E-state index is 0.702. The van der Waals surface area contributed by atoms with Crippen molar-refractivity contribution in [2.24, 2.45) is 5.92 Å². The third-order valence-corrected chi connectivity index (χ3v) is 2.27. The highest BCUT2D eigenvalue weighted by Gasteiger charge is 2.17. The van der Waals surface area contributed by atoms with Crippen LogP contribution in [0, 0.1) is 5.92 Å². The Labute approximate surface area is 74.6 Å². The summed E-state index contributed by atoms with van der Waals surface area (Å²) < 4.78 is 10.3.